The van der Waals surface area contributed by atoms with Crippen molar-refractivity contribution in [3.8, 4) is 5.82 Å². The van der Waals surface area contributed by atoms with E-state index >= 15 is 0 Å². The van der Waals surface area contributed by atoms with Crippen molar-refractivity contribution in [3.63, 3.8) is 0 Å². The fourth-order valence-corrected chi connectivity index (χ4v) is 1.41. The number of aromatic nitrogens is 4. The highest BCUT2D eigenvalue weighted by atomic mass is 16.3. The van der Waals surface area contributed by atoms with Crippen molar-refractivity contribution in [1.29, 1.82) is 0 Å². The van der Waals surface area contributed by atoms with E-state index < -0.39 is 0 Å². The van der Waals surface area contributed by atoms with Gasteiger partial charge >= 0.3 is 0 Å². The summed E-state index contributed by atoms with van der Waals surface area (Å²) >= 11 is 0. The number of aliphatic hydroxyl groups excluding tert-OH is 1. The van der Waals surface area contributed by atoms with Gasteiger partial charge in [0.25, 0.3) is 0 Å². The van der Waals surface area contributed by atoms with Gasteiger partial charge in [0.15, 0.2) is 5.82 Å². The first-order valence-corrected chi connectivity index (χ1v) is 4.67. The van der Waals surface area contributed by atoms with E-state index in [9.17, 15) is 0 Å². The number of nitrogens with zero attached hydrogens (tertiary/aromatic N) is 4. The van der Waals surface area contributed by atoms with Crippen LogP contribution in [-0.4, -0.2) is 24.9 Å². The van der Waals surface area contributed by atoms with Gasteiger partial charge in [0.1, 0.15) is 11.6 Å². The van der Waals surface area contributed by atoms with Crippen LogP contribution >= 0.6 is 0 Å². The van der Waals surface area contributed by atoms with Crippen molar-refractivity contribution >= 4 is 0 Å². The maximum atomic E-state index is 9.01. The first kappa shape index (κ1) is 9.79. The van der Waals surface area contributed by atoms with Crippen LogP contribution in [0.1, 0.15) is 17.2 Å². The molecule has 15 heavy (non-hydrogen) atoms. The third kappa shape index (κ3) is 1.87. The minimum atomic E-state index is 0.00223. The molecule has 2 aromatic rings. The van der Waals surface area contributed by atoms with Crippen LogP contribution in [0.4, 0.5) is 0 Å². The number of aryl methyl sites for hydroxylation is 2. The Morgan fingerprint density at radius 3 is 2.80 bits per heavy atom. The largest absolute Gasteiger partial charge is 0.392 e. The SMILES string of the molecule is Cc1nc(C)n(-c2cc(CO)ccn2)n1. The molecular weight excluding hydrogens is 192 g/mol. The second-order valence-corrected chi connectivity index (χ2v) is 3.30. The summed E-state index contributed by atoms with van der Waals surface area (Å²) < 4.78 is 1.66. The van der Waals surface area contributed by atoms with Crippen LogP contribution in [-0.2, 0) is 6.61 Å². The van der Waals surface area contributed by atoms with Crippen LogP contribution < -0.4 is 0 Å². The van der Waals surface area contributed by atoms with Gasteiger partial charge in [0.2, 0.25) is 0 Å². The monoisotopic (exact) mass is 204 g/mol. The molecule has 2 aromatic heterocycles. The minimum Gasteiger partial charge on any atom is -0.392 e. The molecule has 0 bridgehead atoms. The Labute approximate surface area is 87.4 Å². The summed E-state index contributed by atoms with van der Waals surface area (Å²) in [6, 6.07) is 3.56. The topological polar surface area (TPSA) is 63.8 Å². The van der Waals surface area contributed by atoms with Crippen LogP contribution in [0.5, 0.6) is 0 Å². The predicted octanol–water partition coefficient (Wildman–Crippen LogP) is 0.771. The van der Waals surface area contributed by atoms with Crippen LogP contribution in [0.3, 0.4) is 0 Å². The van der Waals surface area contributed by atoms with Crippen molar-refractivity contribution in [2.24, 2.45) is 0 Å². The zero-order valence-corrected chi connectivity index (χ0v) is 8.68. The van der Waals surface area contributed by atoms with E-state index in [1.54, 1.807) is 23.0 Å². The predicted molar refractivity (Wildman–Crippen MR) is 54.6 cm³/mol. The molecule has 2 heterocycles. The van der Waals surface area contributed by atoms with Gasteiger partial charge in [0, 0.05) is 6.20 Å². The van der Waals surface area contributed by atoms with E-state index in [1.165, 1.54) is 0 Å². The molecule has 5 heteroatoms. The standard InChI is InChI=1S/C10H12N4O/c1-7-12-8(2)14(13-7)10-5-9(6-15)3-4-11-10/h3-5,15H,6H2,1-2H3. The average molecular weight is 204 g/mol. The Morgan fingerprint density at radius 1 is 1.40 bits per heavy atom. The molecule has 1 N–H and O–H groups in total. The van der Waals surface area contributed by atoms with Crippen molar-refractivity contribution in [2.75, 3.05) is 0 Å². The van der Waals surface area contributed by atoms with Gasteiger partial charge in [-0.05, 0) is 31.5 Å². The lowest BCUT2D eigenvalue weighted by Gasteiger charge is -2.02. The molecule has 0 radical (unpaired) electrons. The quantitative estimate of drug-likeness (QED) is 0.784. The Balaban J connectivity index is 2.49. The highest BCUT2D eigenvalue weighted by molar-refractivity contribution is 5.27. The van der Waals surface area contributed by atoms with E-state index in [0.29, 0.717) is 11.6 Å². The molecule has 78 valence electrons. The summed E-state index contributed by atoms with van der Waals surface area (Å²) in [4.78, 5) is 8.37. The fraction of sp³-hybridized carbons (Fsp3) is 0.300. The van der Waals surface area contributed by atoms with E-state index in [0.717, 1.165) is 11.4 Å². The molecule has 0 aliphatic carbocycles. The maximum Gasteiger partial charge on any atom is 0.155 e. The number of rotatable bonds is 2. The highest BCUT2D eigenvalue weighted by Crippen LogP contribution is 2.08. The average Bonchev–Trinajstić information content (AvgIpc) is 2.58. The molecule has 0 saturated carbocycles. The van der Waals surface area contributed by atoms with Gasteiger partial charge in [-0.3, -0.25) is 0 Å². The first-order chi connectivity index (χ1) is 7.20. The summed E-state index contributed by atoms with van der Waals surface area (Å²) in [5.41, 5.74) is 0.813. The van der Waals surface area contributed by atoms with Gasteiger partial charge in [-0.25, -0.2) is 9.97 Å². The third-order valence-electron chi connectivity index (χ3n) is 2.08. The van der Waals surface area contributed by atoms with E-state index in [1.807, 2.05) is 13.8 Å². The van der Waals surface area contributed by atoms with Crippen LogP contribution in [0.15, 0.2) is 18.3 Å². The molecule has 0 atom stereocenters. The molecule has 0 amide bonds. The van der Waals surface area contributed by atoms with Gasteiger partial charge < -0.3 is 5.11 Å². The Morgan fingerprint density at radius 2 is 2.20 bits per heavy atom. The van der Waals surface area contributed by atoms with Crippen molar-refractivity contribution in [1.82, 2.24) is 19.7 Å². The molecule has 0 aromatic carbocycles. The highest BCUT2D eigenvalue weighted by Gasteiger charge is 2.06. The molecule has 0 spiro atoms. The van der Waals surface area contributed by atoms with E-state index in [2.05, 4.69) is 15.1 Å². The zero-order chi connectivity index (χ0) is 10.8. The second-order valence-electron chi connectivity index (χ2n) is 3.30. The lowest BCUT2D eigenvalue weighted by Crippen LogP contribution is -2.02. The van der Waals surface area contributed by atoms with Gasteiger partial charge in [0.05, 0.1) is 6.61 Å². The summed E-state index contributed by atoms with van der Waals surface area (Å²) in [5.74, 6) is 2.18. The number of hydrogen-bond acceptors (Lipinski definition) is 4. The van der Waals surface area contributed by atoms with Gasteiger partial charge in [-0.1, -0.05) is 0 Å². The van der Waals surface area contributed by atoms with Crippen molar-refractivity contribution < 1.29 is 5.11 Å². The summed E-state index contributed by atoms with van der Waals surface area (Å²) in [7, 11) is 0. The van der Waals surface area contributed by atoms with Crippen LogP contribution in [0.25, 0.3) is 5.82 Å². The molecular formula is C10H12N4O. The Kier molecular flexibility index (Phi) is 2.47. The van der Waals surface area contributed by atoms with Crippen molar-refractivity contribution in [2.45, 2.75) is 20.5 Å². The third-order valence-corrected chi connectivity index (χ3v) is 2.08. The molecule has 0 aliphatic heterocycles. The number of hydrogen-bond donors (Lipinski definition) is 1. The first-order valence-electron chi connectivity index (χ1n) is 4.67. The molecule has 0 unspecified atom stereocenters. The molecule has 0 aliphatic rings. The summed E-state index contributed by atoms with van der Waals surface area (Å²) in [6.45, 7) is 3.70. The van der Waals surface area contributed by atoms with Crippen LogP contribution in [0, 0.1) is 13.8 Å². The molecule has 2 rings (SSSR count). The molecule has 5 nitrogen and oxygen atoms in total. The zero-order valence-electron chi connectivity index (χ0n) is 8.68. The normalized spacial score (nSPS) is 10.6. The molecule has 0 fully saturated rings. The van der Waals surface area contributed by atoms with Crippen LogP contribution in [0.2, 0.25) is 0 Å². The smallest absolute Gasteiger partial charge is 0.155 e. The summed E-state index contributed by atoms with van der Waals surface area (Å²) in [6.07, 6.45) is 1.65. The minimum absolute atomic E-state index is 0.00223. The number of aliphatic hydroxyl groups is 1. The molecule has 0 saturated heterocycles. The lowest BCUT2D eigenvalue weighted by atomic mass is 10.3. The van der Waals surface area contributed by atoms with Gasteiger partial charge in [-0.2, -0.15) is 4.68 Å². The van der Waals surface area contributed by atoms with Crippen molar-refractivity contribution in [3.05, 3.63) is 35.5 Å². The summed E-state index contributed by atoms with van der Waals surface area (Å²) in [5, 5.41) is 13.2. The lowest BCUT2D eigenvalue weighted by molar-refractivity contribution is 0.281. The second kappa shape index (κ2) is 3.78. The number of pyridine rings is 1. The van der Waals surface area contributed by atoms with E-state index in [-0.39, 0.29) is 6.61 Å². The fourth-order valence-electron chi connectivity index (χ4n) is 1.41. The Bertz CT molecular complexity index is 478. The van der Waals surface area contributed by atoms with E-state index in [4.69, 9.17) is 5.11 Å². The maximum absolute atomic E-state index is 9.01. The Hall–Kier alpha value is -1.75. The van der Waals surface area contributed by atoms with Gasteiger partial charge in [-0.15, -0.1) is 5.10 Å².